The number of piperazine rings is 1. The minimum atomic E-state index is -0.797. The number of carbonyl (C=O) groups is 2. The molecule has 1 aliphatic rings. The summed E-state index contributed by atoms with van der Waals surface area (Å²) in [5, 5.41) is 5.69. The van der Waals surface area contributed by atoms with Crippen LogP contribution in [0.4, 0.5) is 0 Å². The van der Waals surface area contributed by atoms with Crippen molar-refractivity contribution >= 4 is 23.2 Å². The van der Waals surface area contributed by atoms with E-state index in [-0.39, 0.29) is 18.4 Å². The molecule has 0 bridgehead atoms. The summed E-state index contributed by atoms with van der Waals surface area (Å²) in [4.78, 5) is 29.6. The Morgan fingerprint density at radius 2 is 2.22 bits per heavy atom. The predicted molar refractivity (Wildman–Crippen MR) is 69.4 cm³/mol. The third-order valence-electron chi connectivity index (χ3n) is 2.87. The zero-order valence-electron chi connectivity index (χ0n) is 10.8. The van der Waals surface area contributed by atoms with Crippen LogP contribution in [-0.4, -0.2) is 40.3 Å². The van der Waals surface area contributed by atoms with Crippen LogP contribution < -0.4 is 5.32 Å². The van der Waals surface area contributed by atoms with Gasteiger partial charge < -0.3 is 10.2 Å². The first kappa shape index (κ1) is 13.0. The second-order valence-electron chi connectivity index (χ2n) is 5.03. The molecule has 1 aliphatic heterocycles. The lowest BCUT2D eigenvalue weighted by Gasteiger charge is -2.37. The molecule has 6 heteroatoms. The van der Waals surface area contributed by atoms with E-state index in [4.69, 9.17) is 0 Å². The molecule has 1 aromatic rings. The molecule has 0 aromatic carbocycles. The average Bonchev–Trinajstić information content (AvgIpc) is 2.67. The van der Waals surface area contributed by atoms with Crippen molar-refractivity contribution in [2.45, 2.75) is 32.7 Å². The van der Waals surface area contributed by atoms with Gasteiger partial charge in [0.2, 0.25) is 11.8 Å². The number of hydrogen-bond acceptors (Lipinski definition) is 4. The number of nitrogens with zero attached hydrogens (tertiary/aromatic N) is 2. The molecule has 18 heavy (non-hydrogen) atoms. The molecule has 0 atom stereocenters. The van der Waals surface area contributed by atoms with Crippen molar-refractivity contribution in [3.8, 4) is 0 Å². The zero-order valence-corrected chi connectivity index (χ0v) is 11.6. The van der Waals surface area contributed by atoms with Crippen LogP contribution in [0.5, 0.6) is 0 Å². The molecule has 0 unspecified atom stereocenters. The Kier molecular flexibility index (Phi) is 3.38. The molecule has 2 amide bonds. The number of carbonyl (C=O) groups excluding carboxylic acids is 2. The maximum Gasteiger partial charge on any atom is 0.248 e. The molecule has 1 fully saturated rings. The second-order valence-corrected chi connectivity index (χ2v) is 5.98. The molecule has 1 N–H and O–H groups in total. The van der Waals surface area contributed by atoms with Crippen LogP contribution in [0.25, 0.3) is 0 Å². The fourth-order valence-corrected chi connectivity index (χ4v) is 2.78. The summed E-state index contributed by atoms with van der Waals surface area (Å²) in [5.74, 6) is -0.134. The van der Waals surface area contributed by atoms with Gasteiger partial charge in [-0.15, -0.1) is 11.3 Å². The highest BCUT2D eigenvalue weighted by atomic mass is 32.1. The van der Waals surface area contributed by atoms with Crippen LogP contribution in [-0.2, 0) is 16.0 Å². The van der Waals surface area contributed by atoms with E-state index in [1.165, 1.54) is 0 Å². The average molecular weight is 267 g/mol. The summed E-state index contributed by atoms with van der Waals surface area (Å²) in [6.07, 6.45) is 0.702. The van der Waals surface area contributed by atoms with Crippen molar-refractivity contribution in [1.29, 1.82) is 0 Å². The molecule has 0 spiro atoms. The van der Waals surface area contributed by atoms with Crippen molar-refractivity contribution in [3.05, 3.63) is 16.1 Å². The van der Waals surface area contributed by atoms with Crippen LogP contribution in [0.1, 0.15) is 24.5 Å². The number of nitrogens with one attached hydrogen (secondary N) is 1. The maximum absolute atomic E-state index is 12.1. The summed E-state index contributed by atoms with van der Waals surface area (Å²) in [6.45, 7) is 6.09. The molecule has 0 saturated carbocycles. The molecule has 0 radical (unpaired) electrons. The number of aryl methyl sites for hydroxylation is 1. The van der Waals surface area contributed by atoms with Crippen LogP contribution in [0.3, 0.4) is 0 Å². The lowest BCUT2D eigenvalue weighted by Crippen LogP contribution is -2.64. The van der Waals surface area contributed by atoms with Crippen molar-refractivity contribution in [2.75, 3.05) is 13.1 Å². The van der Waals surface area contributed by atoms with Gasteiger partial charge in [0.05, 0.1) is 11.6 Å². The molecule has 1 aromatic heterocycles. The van der Waals surface area contributed by atoms with E-state index < -0.39 is 5.54 Å². The quantitative estimate of drug-likeness (QED) is 0.878. The highest BCUT2D eigenvalue weighted by Crippen LogP contribution is 2.15. The van der Waals surface area contributed by atoms with Gasteiger partial charge in [-0.05, 0) is 20.8 Å². The van der Waals surface area contributed by atoms with Crippen molar-refractivity contribution in [1.82, 2.24) is 15.2 Å². The van der Waals surface area contributed by atoms with E-state index in [0.29, 0.717) is 13.0 Å². The van der Waals surface area contributed by atoms with Crippen molar-refractivity contribution < 1.29 is 9.59 Å². The van der Waals surface area contributed by atoms with Gasteiger partial charge in [0, 0.05) is 24.0 Å². The van der Waals surface area contributed by atoms with E-state index in [9.17, 15) is 9.59 Å². The van der Waals surface area contributed by atoms with E-state index in [2.05, 4.69) is 10.3 Å². The Balaban J connectivity index is 2.00. The number of aromatic nitrogens is 1. The Labute approximate surface area is 110 Å². The fourth-order valence-electron chi connectivity index (χ4n) is 2.01. The molecule has 2 rings (SSSR count). The highest BCUT2D eigenvalue weighted by molar-refractivity contribution is 7.09. The SMILES string of the molecule is Cc1csc(CCN2CC(=O)NC(C)(C)C2=O)n1. The molecular weight excluding hydrogens is 250 g/mol. The minimum absolute atomic E-state index is 0.0321. The smallest absolute Gasteiger partial charge is 0.248 e. The van der Waals surface area contributed by atoms with Crippen LogP contribution >= 0.6 is 11.3 Å². The van der Waals surface area contributed by atoms with Gasteiger partial charge in [0.1, 0.15) is 5.54 Å². The van der Waals surface area contributed by atoms with E-state index in [1.807, 2.05) is 12.3 Å². The number of hydrogen-bond donors (Lipinski definition) is 1. The van der Waals surface area contributed by atoms with Crippen LogP contribution in [0.2, 0.25) is 0 Å². The van der Waals surface area contributed by atoms with Gasteiger partial charge in [-0.3, -0.25) is 9.59 Å². The lowest BCUT2D eigenvalue weighted by molar-refractivity contribution is -0.148. The highest BCUT2D eigenvalue weighted by Gasteiger charge is 2.38. The monoisotopic (exact) mass is 267 g/mol. The summed E-state index contributed by atoms with van der Waals surface area (Å²) < 4.78 is 0. The molecule has 2 heterocycles. The standard InChI is InChI=1S/C12H17N3O2S/c1-8-7-18-10(13-8)4-5-15-6-9(16)14-12(2,3)11(15)17/h7H,4-6H2,1-3H3,(H,14,16). The molecule has 5 nitrogen and oxygen atoms in total. The number of amides is 2. The van der Waals surface area contributed by atoms with Gasteiger partial charge in [-0.2, -0.15) is 0 Å². The first-order chi connectivity index (χ1) is 8.38. The van der Waals surface area contributed by atoms with E-state index in [1.54, 1.807) is 30.1 Å². The first-order valence-electron chi connectivity index (χ1n) is 5.90. The third-order valence-corrected chi connectivity index (χ3v) is 3.90. The summed E-state index contributed by atoms with van der Waals surface area (Å²) in [6, 6.07) is 0. The van der Waals surface area contributed by atoms with Crippen LogP contribution in [0, 0.1) is 6.92 Å². The molecule has 1 saturated heterocycles. The van der Waals surface area contributed by atoms with Gasteiger partial charge >= 0.3 is 0 Å². The van der Waals surface area contributed by atoms with Crippen molar-refractivity contribution in [3.63, 3.8) is 0 Å². The fraction of sp³-hybridized carbons (Fsp3) is 0.583. The Morgan fingerprint density at radius 1 is 1.50 bits per heavy atom. The maximum atomic E-state index is 12.1. The third kappa shape index (κ3) is 2.69. The first-order valence-corrected chi connectivity index (χ1v) is 6.78. The van der Waals surface area contributed by atoms with Gasteiger partial charge in [0.15, 0.2) is 0 Å². The van der Waals surface area contributed by atoms with Gasteiger partial charge in [-0.25, -0.2) is 4.98 Å². The van der Waals surface area contributed by atoms with Crippen LogP contribution in [0.15, 0.2) is 5.38 Å². The molecule has 98 valence electrons. The number of thiazole rings is 1. The topological polar surface area (TPSA) is 62.3 Å². The van der Waals surface area contributed by atoms with E-state index in [0.717, 1.165) is 10.7 Å². The van der Waals surface area contributed by atoms with Crippen molar-refractivity contribution in [2.24, 2.45) is 0 Å². The Hall–Kier alpha value is -1.43. The lowest BCUT2D eigenvalue weighted by atomic mass is 10.0. The normalized spacial score (nSPS) is 18.9. The largest absolute Gasteiger partial charge is 0.341 e. The summed E-state index contributed by atoms with van der Waals surface area (Å²) in [7, 11) is 0. The molecular formula is C12H17N3O2S. The molecule has 0 aliphatic carbocycles. The number of rotatable bonds is 3. The van der Waals surface area contributed by atoms with Gasteiger partial charge in [0.25, 0.3) is 0 Å². The van der Waals surface area contributed by atoms with E-state index >= 15 is 0 Å². The summed E-state index contributed by atoms with van der Waals surface area (Å²) in [5.41, 5.74) is 0.201. The summed E-state index contributed by atoms with van der Waals surface area (Å²) >= 11 is 1.59. The van der Waals surface area contributed by atoms with Gasteiger partial charge in [-0.1, -0.05) is 0 Å². The predicted octanol–water partition coefficient (Wildman–Crippen LogP) is 0.731. The Bertz CT molecular complexity index is 481. The second kappa shape index (κ2) is 4.68. The zero-order chi connectivity index (χ0) is 13.3. The minimum Gasteiger partial charge on any atom is -0.341 e. The Morgan fingerprint density at radius 3 is 2.83 bits per heavy atom.